The minimum absolute atomic E-state index is 0.122. The van der Waals surface area contributed by atoms with E-state index in [0.29, 0.717) is 12.1 Å². The van der Waals surface area contributed by atoms with Crippen LogP contribution in [0.3, 0.4) is 0 Å². The predicted octanol–water partition coefficient (Wildman–Crippen LogP) is 3.78. The number of hydrogen-bond acceptors (Lipinski definition) is 4. The molecular weight excluding hydrogens is 373 g/mol. The lowest BCUT2D eigenvalue weighted by Crippen LogP contribution is -2.33. The number of amides is 1. The third-order valence-corrected chi connectivity index (χ3v) is 4.64. The van der Waals surface area contributed by atoms with Crippen LogP contribution in [-0.2, 0) is 4.79 Å². The number of carbonyl (C=O) groups excluding carboxylic acids is 1. The Morgan fingerprint density at radius 1 is 1.14 bits per heavy atom. The van der Waals surface area contributed by atoms with Crippen molar-refractivity contribution in [3.63, 3.8) is 0 Å². The Bertz CT molecular complexity index is 1080. The van der Waals surface area contributed by atoms with Crippen molar-refractivity contribution < 1.29 is 13.9 Å². The Morgan fingerprint density at radius 3 is 2.55 bits per heavy atom. The van der Waals surface area contributed by atoms with Gasteiger partial charge in [0.25, 0.3) is 11.5 Å². The summed E-state index contributed by atoms with van der Waals surface area (Å²) in [5, 5.41) is 7.04. The molecule has 150 valence electrons. The molecule has 0 aliphatic rings. The number of benzene rings is 2. The standard InChI is InChI=1S/C22H22FN3O3/c1-4-19(22(28)24-18-7-5-6-14(2)15(18)3)29-20-12-13-21(27)26(25-20)17-10-8-16(23)9-11-17/h5-13,19H,4H2,1-3H3,(H,24,28). The summed E-state index contributed by atoms with van der Waals surface area (Å²) in [6, 6.07) is 13.8. The summed E-state index contributed by atoms with van der Waals surface area (Å²) < 4.78 is 20.0. The molecule has 2 aromatic carbocycles. The van der Waals surface area contributed by atoms with E-state index >= 15 is 0 Å². The van der Waals surface area contributed by atoms with Crippen LogP contribution in [0.25, 0.3) is 5.69 Å². The first kappa shape index (κ1) is 20.3. The molecule has 6 nitrogen and oxygen atoms in total. The van der Waals surface area contributed by atoms with E-state index in [-0.39, 0.29) is 11.8 Å². The molecule has 0 saturated carbocycles. The maximum Gasteiger partial charge on any atom is 0.271 e. The molecule has 7 heteroatoms. The zero-order valence-electron chi connectivity index (χ0n) is 16.5. The SMILES string of the molecule is CCC(Oc1ccc(=O)n(-c2ccc(F)cc2)n1)C(=O)Nc1cccc(C)c1C. The van der Waals surface area contributed by atoms with Crippen molar-refractivity contribution in [3.05, 3.63) is 81.9 Å². The van der Waals surface area contributed by atoms with Gasteiger partial charge in [-0.25, -0.2) is 4.39 Å². The Hall–Kier alpha value is -3.48. The van der Waals surface area contributed by atoms with Crippen LogP contribution in [-0.4, -0.2) is 21.8 Å². The topological polar surface area (TPSA) is 73.2 Å². The van der Waals surface area contributed by atoms with Gasteiger partial charge in [-0.3, -0.25) is 9.59 Å². The first-order valence-electron chi connectivity index (χ1n) is 9.29. The molecule has 3 aromatic rings. The van der Waals surface area contributed by atoms with Crippen LogP contribution < -0.4 is 15.6 Å². The highest BCUT2D eigenvalue weighted by molar-refractivity contribution is 5.95. The molecular formula is C22H22FN3O3. The third-order valence-electron chi connectivity index (χ3n) is 4.64. The van der Waals surface area contributed by atoms with E-state index in [1.165, 1.54) is 36.4 Å². The average molecular weight is 395 g/mol. The van der Waals surface area contributed by atoms with Gasteiger partial charge >= 0.3 is 0 Å². The molecule has 0 aliphatic carbocycles. The highest BCUT2D eigenvalue weighted by atomic mass is 19.1. The molecule has 1 heterocycles. The van der Waals surface area contributed by atoms with Gasteiger partial charge in [0.1, 0.15) is 5.82 Å². The highest BCUT2D eigenvalue weighted by Crippen LogP contribution is 2.19. The van der Waals surface area contributed by atoms with Crippen molar-refractivity contribution in [2.45, 2.75) is 33.3 Å². The van der Waals surface area contributed by atoms with Crippen LogP contribution in [0, 0.1) is 19.7 Å². The van der Waals surface area contributed by atoms with Crippen LogP contribution in [0.15, 0.2) is 59.4 Å². The molecule has 1 atom stereocenters. The molecule has 1 aromatic heterocycles. The van der Waals surface area contributed by atoms with Gasteiger partial charge in [0.05, 0.1) is 5.69 Å². The van der Waals surface area contributed by atoms with Crippen molar-refractivity contribution >= 4 is 11.6 Å². The quantitative estimate of drug-likeness (QED) is 0.689. The minimum Gasteiger partial charge on any atom is -0.463 e. The maximum atomic E-state index is 13.1. The lowest BCUT2D eigenvalue weighted by Gasteiger charge is -2.18. The third kappa shape index (κ3) is 4.68. The average Bonchev–Trinajstić information content (AvgIpc) is 2.71. The molecule has 0 fully saturated rings. The second-order valence-electron chi connectivity index (χ2n) is 6.65. The fraction of sp³-hybridized carbons (Fsp3) is 0.227. The predicted molar refractivity (Wildman–Crippen MR) is 109 cm³/mol. The zero-order valence-corrected chi connectivity index (χ0v) is 16.5. The highest BCUT2D eigenvalue weighted by Gasteiger charge is 2.20. The van der Waals surface area contributed by atoms with Crippen molar-refractivity contribution in [2.24, 2.45) is 0 Å². The minimum atomic E-state index is -0.790. The molecule has 0 spiro atoms. The van der Waals surface area contributed by atoms with Gasteiger partial charge in [-0.2, -0.15) is 4.68 Å². The largest absolute Gasteiger partial charge is 0.463 e. The monoisotopic (exact) mass is 395 g/mol. The molecule has 0 radical (unpaired) electrons. The number of ether oxygens (including phenoxy) is 1. The number of halogens is 1. The van der Waals surface area contributed by atoms with E-state index in [1.807, 2.05) is 39.0 Å². The molecule has 1 N–H and O–H groups in total. The lowest BCUT2D eigenvalue weighted by molar-refractivity contribution is -0.123. The number of aromatic nitrogens is 2. The van der Waals surface area contributed by atoms with Crippen LogP contribution >= 0.6 is 0 Å². The number of aryl methyl sites for hydroxylation is 1. The van der Waals surface area contributed by atoms with Crippen LogP contribution in [0.2, 0.25) is 0 Å². The summed E-state index contributed by atoms with van der Waals surface area (Å²) in [6.45, 7) is 5.73. The van der Waals surface area contributed by atoms with E-state index in [9.17, 15) is 14.0 Å². The number of carbonyl (C=O) groups is 1. The first-order chi connectivity index (χ1) is 13.9. The van der Waals surface area contributed by atoms with Gasteiger partial charge in [-0.1, -0.05) is 19.1 Å². The molecule has 1 unspecified atom stereocenters. The lowest BCUT2D eigenvalue weighted by atomic mass is 10.1. The summed E-state index contributed by atoms with van der Waals surface area (Å²) in [6.07, 6.45) is -0.379. The van der Waals surface area contributed by atoms with Gasteiger partial charge < -0.3 is 10.1 Å². The van der Waals surface area contributed by atoms with Crippen molar-refractivity contribution in [1.82, 2.24) is 9.78 Å². The Kier molecular flexibility index (Phi) is 6.07. The van der Waals surface area contributed by atoms with E-state index in [0.717, 1.165) is 21.5 Å². The summed E-state index contributed by atoms with van der Waals surface area (Å²) >= 11 is 0. The molecule has 0 saturated heterocycles. The van der Waals surface area contributed by atoms with E-state index in [1.54, 1.807) is 0 Å². The molecule has 1 amide bonds. The van der Waals surface area contributed by atoms with E-state index in [4.69, 9.17) is 4.74 Å². The van der Waals surface area contributed by atoms with Crippen molar-refractivity contribution in [1.29, 1.82) is 0 Å². The van der Waals surface area contributed by atoms with E-state index in [2.05, 4.69) is 10.4 Å². The van der Waals surface area contributed by atoms with Crippen LogP contribution in [0.1, 0.15) is 24.5 Å². The van der Waals surface area contributed by atoms with Gasteiger partial charge in [-0.15, -0.1) is 5.10 Å². The fourth-order valence-corrected chi connectivity index (χ4v) is 2.79. The number of nitrogens with one attached hydrogen (secondary N) is 1. The Balaban J connectivity index is 1.81. The van der Waals surface area contributed by atoms with Crippen molar-refractivity contribution in [3.8, 4) is 11.6 Å². The second kappa shape index (κ2) is 8.68. The van der Waals surface area contributed by atoms with Crippen molar-refractivity contribution in [2.75, 3.05) is 5.32 Å². The summed E-state index contributed by atoms with van der Waals surface area (Å²) in [4.78, 5) is 24.8. The van der Waals surface area contributed by atoms with Gasteiger partial charge in [-0.05, 0) is 61.7 Å². The van der Waals surface area contributed by atoms with Gasteiger partial charge in [0, 0.05) is 17.8 Å². The summed E-state index contributed by atoms with van der Waals surface area (Å²) in [5.74, 6) is -0.595. The maximum absolute atomic E-state index is 13.1. The molecule has 29 heavy (non-hydrogen) atoms. The zero-order chi connectivity index (χ0) is 21.0. The number of rotatable bonds is 6. The second-order valence-corrected chi connectivity index (χ2v) is 6.65. The summed E-state index contributed by atoms with van der Waals surface area (Å²) in [7, 11) is 0. The number of anilines is 1. The Morgan fingerprint density at radius 2 is 1.86 bits per heavy atom. The van der Waals surface area contributed by atoms with Gasteiger partial charge in [0.15, 0.2) is 6.10 Å². The molecule has 0 aliphatic heterocycles. The van der Waals surface area contributed by atoms with E-state index < -0.39 is 17.5 Å². The molecule has 3 rings (SSSR count). The van der Waals surface area contributed by atoms with Gasteiger partial charge in [0.2, 0.25) is 5.88 Å². The Labute approximate surface area is 168 Å². The molecule has 0 bridgehead atoms. The number of nitrogens with zero attached hydrogens (tertiary/aromatic N) is 2. The summed E-state index contributed by atoms with van der Waals surface area (Å²) in [5.41, 5.74) is 2.79. The smallest absolute Gasteiger partial charge is 0.271 e. The first-order valence-corrected chi connectivity index (χ1v) is 9.29. The van der Waals surface area contributed by atoms with Crippen LogP contribution in [0.5, 0.6) is 5.88 Å². The number of hydrogen-bond donors (Lipinski definition) is 1. The normalized spacial score (nSPS) is 11.7. The fourth-order valence-electron chi connectivity index (χ4n) is 2.79. The van der Waals surface area contributed by atoms with Crippen LogP contribution in [0.4, 0.5) is 10.1 Å².